The monoisotopic (exact) mass is 187 g/mol. The maximum absolute atomic E-state index is 10.1. The van der Waals surface area contributed by atoms with Crippen LogP contribution in [0.25, 0.3) is 0 Å². The second kappa shape index (κ2) is 4.40. The van der Waals surface area contributed by atoms with Crippen LogP contribution in [0.15, 0.2) is 0 Å². The topological polar surface area (TPSA) is 41.5 Å². The molecule has 1 saturated heterocycles. The van der Waals surface area contributed by atoms with Gasteiger partial charge in [0.2, 0.25) is 0 Å². The molecule has 0 aliphatic carbocycles. The lowest BCUT2D eigenvalue weighted by atomic mass is 9.96. The van der Waals surface area contributed by atoms with Crippen molar-refractivity contribution in [3.63, 3.8) is 0 Å². The molecule has 0 bridgehead atoms. The minimum Gasteiger partial charge on any atom is -0.386 e. The van der Waals surface area contributed by atoms with E-state index in [1.54, 1.807) is 0 Å². The second-order valence-electron chi connectivity index (χ2n) is 4.39. The van der Waals surface area contributed by atoms with E-state index in [1.807, 2.05) is 6.92 Å². The molecule has 1 aliphatic heterocycles. The third kappa shape index (κ3) is 2.93. The molecule has 0 spiro atoms. The Morgan fingerprint density at radius 1 is 1.62 bits per heavy atom. The van der Waals surface area contributed by atoms with Crippen LogP contribution in [0, 0.1) is 5.92 Å². The van der Waals surface area contributed by atoms with Crippen molar-refractivity contribution in [2.45, 2.75) is 38.9 Å². The zero-order valence-corrected chi connectivity index (χ0v) is 8.84. The summed E-state index contributed by atoms with van der Waals surface area (Å²) in [7, 11) is 0. The van der Waals surface area contributed by atoms with Gasteiger partial charge >= 0.3 is 0 Å². The van der Waals surface area contributed by atoms with Gasteiger partial charge in [0, 0.05) is 19.6 Å². The molecule has 1 fully saturated rings. The Bertz CT molecular complexity index is 161. The fraction of sp³-hybridized carbons (Fsp3) is 1.00. The van der Waals surface area contributed by atoms with Gasteiger partial charge in [-0.2, -0.15) is 0 Å². The molecule has 0 aromatic rings. The van der Waals surface area contributed by atoms with Crippen molar-refractivity contribution in [2.24, 2.45) is 5.92 Å². The molecule has 1 heterocycles. The molecule has 2 N–H and O–H groups in total. The summed E-state index contributed by atoms with van der Waals surface area (Å²) in [6.07, 6.45) is 0.714. The first kappa shape index (κ1) is 11.0. The molecule has 0 aromatic heterocycles. The Balaban J connectivity index is 2.26. The van der Waals surface area contributed by atoms with E-state index in [1.165, 1.54) is 0 Å². The van der Waals surface area contributed by atoms with Gasteiger partial charge < -0.3 is 15.2 Å². The fourth-order valence-electron chi connectivity index (χ4n) is 1.58. The van der Waals surface area contributed by atoms with Gasteiger partial charge in [-0.3, -0.25) is 0 Å². The highest BCUT2D eigenvalue weighted by molar-refractivity contribution is 4.91. The molecular weight excluding hydrogens is 166 g/mol. The summed E-state index contributed by atoms with van der Waals surface area (Å²) in [5, 5.41) is 13.4. The minimum atomic E-state index is -0.644. The summed E-state index contributed by atoms with van der Waals surface area (Å²) >= 11 is 0. The largest absolute Gasteiger partial charge is 0.386 e. The number of hydrogen-bond acceptors (Lipinski definition) is 3. The first-order chi connectivity index (χ1) is 6.04. The SMILES string of the molecule is CC(C)CNCC1(O)CCOC1C. The van der Waals surface area contributed by atoms with Crippen LogP contribution in [-0.2, 0) is 4.74 Å². The molecule has 3 heteroatoms. The number of ether oxygens (including phenoxy) is 1. The summed E-state index contributed by atoms with van der Waals surface area (Å²) in [4.78, 5) is 0. The van der Waals surface area contributed by atoms with Crippen molar-refractivity contribution in [3.05, 3.63) is 0 Å². The van der Waals surface area contributed by atoms with Gasteiger partial charge in [-0.25, -0.2) is 0 Å². The molecule has 0 aromatic carbocycles. The predicted molar refractivity (Wildman–Crippen MR) is 52.7 cm³/mol. The van der Waals surface area contributed by atoms with E-state index < -0.39 is 5.60 Å². The van der Waals surface area contributed by atoms with Crippen molar-refractivity contribution in [3.8, 4) is 0 Å². The predicted octanol–water partition coefficient (Wildman–Crippen LogP) is 0.772. The average Bonchev–Trinajstić information content (AvgIpc) is 2.32. The quantitative estimate of drug-likeness (QED) is 0.683. The molecule has 78 valence electrons. The van der Waals surface area contributed by atoms with E-state index in [0.717, 1.165) is 13.0 Å². The van der Waals surface area contributed by atoms with Gasteiger partial charge in [-0.1, -0.05) is 13.8 Å². The molecule has 0 saturated carbocycles. The van der Waals surface area contributed by atoms with Crippen LogP contribution >= 0.6 is 0 Å². The molecule has 3 nitrogen and oxygen atoms in total. The summed E-state index contributed by atoms with van der Waals surface area (Å²) in [5.41, 5.74) is -0.644. The van der Waals surface area contributed by atoms with Crippen molar-refractivity contribution >= 4 is 0 Å². The van der Waals surface area contributed by atoms with E-state index in [4.69, 9.17) is 4.74 Å². The lowest BCUT2D eigenvalue weighted by molar-refractivity contribution is -0.0263. The Morgan fingerprint density at radius 3 is 2.77 bits per heavy atom. The lowest BCUT2D eigenvalue weighted by Crippen LogP contribution is -2.46. The Morgan fingerprint density at radius 2 is 2.31 bits per heavy atom. The van der Waals surface area contributed by atoms with E-state index in [9.17, 15) is 5.11 Å². The van der Waals surface area contributed by atoms with Crippen molar-refractivity contribution in [1.82, 2.24) is 5.32 Å². The van der Waals surface area contributed by atoms with Crippen LogP contribution < -0.4 is 5.32 Å². The molecular formula is C10H21NO2. The Labute approximate surface area is 80.5 Å². The number of hydrogen-bond donors (Lipinski definition) is 2. The highest BCUT2D eigenvalue weighted by Gasteiger charge is 2.38. The van der Waals surface area contributed by atoms with Crippen molar-refractivity contribution in [1.29, 1.82) is 0 Å². The molecule has 0 radical (unpaired) electrons. The van der Waals surface area contributed by atoms with Crippen LogP contribution in [0.5, 0.6) is 0 Å². The van der Waals surface area contributed by atoms with Crippen LogP contribution in [0.4, 0.5) is 0 Å². The Hall–Kier alpha value is -0.120. The molecule has 1 rings (SSSR count). The lowest BCUT2D eigenvalue weighted by Gasteiger charge is -2.26. The zero-order chi connectivity index (χ0) is 9.90. The van der Waals surface area contributed by atoms with Crippen molar-refractivity contribution in [2.75, 3.05) is 19.7 Å². The Kier molecular flexibility index (Phi) is 3.71. The zero-order valence-electron chi connectivity index (χ0n) is 8.84. The third-order valence-corrected chi connectivity index (χ3v) is 2.64. The maximum Gasteiger partial charge on any atom is 0.105 e. The molecule has 2 atom stereocenters. The summed E-state index contributed by atoms with van der Waals surface area (Å²) in [6.45, 7) is 8.53. The highest BCUT2D eigenvalue weighted by atomic mass is 16.5. The second-order valence-corrected chi connectivity index (χ2v) is 4.39. The first-order valence-corrected chi connectivity index (χ1v) is 5.09. The van der Waals surface area contributed by atoms with E-state index >= 15 is 0 Å². The molecule has 2 unspecified atom stereocenters. The summed E-state index contributed by atoms with van der Waals surface area (Å²) in [5.74, 6) is 0.626. The van der Waals surface area contributed by atoms with Crippen molar-refractivity contribution < 1.29 is 9.84 Å². The summed E-state index contributed by atoms with van der Waals surface area (Å²) < 4.78 is 5.34. The van der Waals surface area contributed by atoms with Crippen LogP contribution in [0.2, 0.25) is 0 Å². The van der Waals surface area contributed by atoms with Crippen LogP contribution in [0.1, 0.15) is 27.2 Å². The van der Waals surface area contributed by atoms with E-state index in [0.29, 0.717) is 19.1 Å². The normalized spacial score (nSPS) is 34.4. The van der Waals surface area contributed by atoms with Gasteiger partial charge in [0.25, 0.3) is 0 Å². The molecule has 1 aliphatic rings. The van der Waals surface area contributed by atoms with Gasteiger partial charge in [-0.05, 0) is 19.4 Å². The minimum absolute atomic E-state index is 0.0350. The van der Waals surface area contributed by atoms with E-state index in [2.05, 4.69) is 19.2 Å². The molecule has 0 amide bonds. The standard InChI is InChI=1S/C10H21NO2/c1-8(2)6-11-7-10(12)4-5-13-9(10)3/h8-9,11-12H,4-7H2,1-3H3. The smallest absolute Gasteiger partial charge is 0.105 e. The summed E-state index contributed by atoms with van der Waals surface area (Å²) in [6, 6.07) is 0. The van der Waals surface area contributed by atoms with Gasteiger partial charge in [0.1, 0.15) is 5.60 Å². The highest BCUT2D eigenvalue weighted by Crippen LogP contribution is 2.24. The number of nitrogens with one attached hydrogen (secondary N) is 1. The third-order valence-electron chi connectivity index (χ3n) is 2.64. The van der Waals surface area contributed by atoms with E-state index in [-0.39, 0.29) is 6.10 Å². The maximum atomic E-state index is 10.1. The number of rotatable bonds is 4. The van der Waals surface area contributed by atoms with Gasteiger partial charge in [-0.15, -0.1) is 0 Å². The van der Waals surface area contributed by atoms with Gasteiger partial charge in [0.15, 0.2) is 0 Å². The van der Waals surface area contributed by atoms with Gasteiger partial charge in [0.05, 0.1) is 6.10 Å². The fourth-order valence-corrected chi connectivity index (χ4v) is 1.58. The first-order valence-electron chi connectivity index (χ1n) is 5.09. The number of aliphatic hydroxyl groups is 1. The van der Waals surface area contributed by atoms with Crippen LogP contribution in [-0.4, -0.2) is 36.5 Å². The average molecular weight is 187 g/mol. The van der Waals surface area contributed by atoms with Crippen LogP contribution in [0.3, 0.4) is 0 Å². The molecule has 13 heavy (non-hydrogen) atoms.